The van der Waals surface area contributed by atoms with Gasteiger partial charge in [-0.2, -0.15) is 10.1 Å². The third-order valence-electron chi connectivity index (χ3n) is 1.95. The van der Waals surface area contributed by atoms with Crippen molar-refractivity contribution < 1.29 is 4.74 Å². The van der Waals surface area contributed by atoms with Crippen LogP contribution in [0, 0.1) is 13.8 Å². The Balaban J connectivity index is 2.30. The number of ether oxygens (including phenoxy) is 1. The van der Waals surface area contributed by atoms with Crippen molar-refractivity contribution in [3.63, 3.8) is 0 Å². The molecule has 2 rings (SSSR count). The molecule has 2 heterocycles. The second-order valence-electron chi connectivity index (χ2n) is 3.43. The van der Waals surface area contributed by atoms with Gasteiger partial charge in [0.15, 0.2) is 0 Å². The molecule has 6 heteroatoms. The molecule has 0 saturated carbocycles. The lowest BCUT2D eigenvalue weighted by Crippen LogP contribution is -1.98. The van der Waals surface area contributed by atoms with Crippen LogP contribution in [-0.4, -0.2) is 19.7 Å². The average molecular weight is 239 g/mol. The molecule has 0 aliphatic rings. The highest BCUT2D eigenvalue weighted by molar-refractivity contribution is 6.29. The summed E-state index contributed by atoms with van der Waals surface area (Å²) < 4.78 is 7.20. The van der Waals surface area contributed by atoms with E-state index in [-0.39, 0.29) is 0 Å². The molecule has 2 aromatic heterocycles. The van der Waals surface area contributed by atoms with Crippen LogP contribution < -0.4 is 4.74 Å². The molecule has 2 aromatic rings. The number of aromatic nitrogens is 4. The van der Waals surface area contributed by atoms with Crippen molar-refractivity contribution in [2.24, 2.45) is 7.05 Å². The van der Waals surface area contributed by atoms with E-state index in [0.29, 0.717) is 22.7 Å². The molecule has 16 heavy (non-hydrogen) atoms. The van der Waals surface area contributed by atoms with E-state index in [1.54, 1.807) is 24.7 Å². The van der Waals surface area contributed by atoms with Gasteiger partial charge in [0.25, 0.3) is 0 Å². The molecule has 0 amide bonds. The predicted molar refractivity (Wildman–Crippen MR) is 59.8 cm³/mol. The van der Waals surface area contributed by atoms with Gasteiger partial charge in [0.05, 0.1) is 5.69 Å². The van der Waals surface area contributed by atoms with Crippen molar-refractivity contribution in [1.29, 1.82) is 0 Å². The number of halogens is 1. The second-order valence-corrected chi connectivity index (χ2v) is 3.81. The summed E-state index contributed by atoms with van der Waals surface area (Å²) in [6, 6.07) is 3.39. The van der Waals surface area contributed by atoms with Crippen LogP contribution in [0.15, 0.2) is 12.1 Å². The lowest BCUT2D eigenvalue weighted by atomic mass is 10.5. The van der Waals surface area contributed by atoms with E-state index in [2.05, 4.69) is 15.1 Å². The van der Waals surface area contributed by atoms with Crippen molar-refractivity contribution in [1.82, 2.24) is 19.7 Å². The van der Waals surface area contributed by atoms with E-state index in [4.69, 9.17) is 16.3 Å². The maximum absolute atomic E-state index is 5.81. The van der Waals surface area contributed by atoms with Gasteiger partial charge in [-0.15, -0.1) is 0 Å². The molecular weight excluding hydrogens is 228 g/mol. The lowest BCUT2D eigenvalue weighted by Gasteiger charge is -2.04. The van der Waals surface area contributed by atoms with Gasteiger partial charge in [-0.1, -0.05) is 11.6 Å². The normalized spacial score (nSPS) is 10.5. The molecular formula is C10H11ClN4O. The monoisotopic (exact) mass is 238 g/mol. The van der Waals surface area contributed by atoms with E-state index in [1.807, 2.05) is 13.0 Å². The predicted octanol–water partition coefficient (Wildman–Crippen LogP) is 2.27. The SMILES string of the molecule is Cc1cc(Oc2cc(Cl)nc(C)n2)n(C)n1. The first kappa shape index (κ1) is 10.9. The van der Waals surface area contributed by atoms with Crippen LogP contribution >= 0.6 is 11.6 Å². The summed E-state index contributed by atoms with van der Waals surface area (Å²) in [5.74, 6) is 1.61. The number of nitrogens with zero attached hydrogens (tertiary/aromatic N) is 4. The van der Waals surface area contributed by atoms with E-state index >= 15 is 0 Å². The number of hydrogen-bond acceptors (Lipinski definition) is 4. The molecule has 0 unspecified atom stereocenters. The van der Waals surface area contributed by atoms with Crippen LogP contribution in [-0.2, 0) is 7.05 Å². The molecule has 0 aromatic carbocycles. The minimum atomic E-state index is 0.362. The Bertz CT molecular complexity index is 503. The Morgan fingerprint density at radius 3 is 2.56 bits per heavy atom. The summed E-state index contributed by atoms with van der Waals surface area (Å²) in [4.78, 5) is 8.08. The van der Waals surface area contributed by atoms with E-state index in [1.165, 1.54) is 0 Å². The average Bonchev–Trinajstić information content (AvgIpc) is 2.43. The van der Waals surface area contributed by atoms with Gasteiger partial charge in [0, 0.05) is 19.2 Å². The van der Waals surface area contributed by atoms with Crippen LogP contribution in [0.4, 0.5) is 0 Å². The summed E-state index contributed by atoms with van der Waals surface area (Å²) in [5, 5.41) is 4.53. The first-order valence-electron chi connectivity index (χ1n) is 4.74. The van der Waals surface area contributed by atoms with E-state index < -0.39 is 0 Å². The number of rotatable bonds is 2. The van der Waals surface area contributed by atoms with Gasteiger partial charge < -0.3 is 4.74 Å². The molecule has 5 nitrogen and oxygen atoms in total. The first-order valence-corrected chi connectivity index (χ1v) is 5.12. The standard InChI is InChI=1S/C10H11ClN4O/c1-6-4-10(15(3)14-6)16-9-5-8(11)12-7(2)13-9/h4-5H,1-3H3. The van der Waals surface area contributed by atoms with Gasteiger partial charge in [0.1, 0.15) is 11.0 Å². The maximum atomic E-state index is 5.81. The Morgan fingerprint density at radius 2 is 2.00 bits per heavy atom. The molecule has 0 aliphatic heterocycles. The zero-order chi connectivity index (χ0) is 11.7. The third-order valence-corrected chi connectivity index (χ3v) is 2.14. The summed E-state index contributed by atoms with van der Waals surface area (Å²) in [6.07, 6.45) is 0. The van der Waals surface area contributed by atoms with E-state index in [9.17, 15) is 0 Å². The fraction of sp³-hybridized carbons (Fsp3) is 0.300. The Hall–Kier alpha value is -1.62. The zero-order valence-corrected chi connectivity index (χ0v) is 9.99. The third kappa shape index (κ3) is 2.30. The molecule has 0 N–H and O–H groups in total. The molecule has 84 valence electrons. The minimum Gasteiger partial charge on any atom is -0.421 e. The first-order chi connectivity index (χ1) is 7.54. The highest BCUT2D eigenvalue weighted by Gasteiger charge is 2.07. The van der Waals surface area contributed by atoms with Crippen LogP contribution in [0.3, 0.4) is 0 Å². The second kappa shape index (κ2) is 4.09. The van der Waals surface area contributed by atoms with Crippen molar-refractivity contribution >= 4 is 11.6 Å². The topological polar surface area (TPSA) is 52.8 Å². The molecule has 0 saturated heterocycles. The Morgan fingerprint density at radius 1 is 1.25 bits per heavy atom. The molecule has 0 atom stereocenters. The lowest BCUT2D eigenvalue weighted by molar-refractivity contribution is 0.413. The van der Waals surface area contributed by atoms with Crippen molar-refractivity contribution in [2.45, 2.75) is 13.8 Å². The van der Waals surface area contributed by atoms with Crippen molar-refractivity contribution in [3.8, 4) is 11.8 Å². The Labute approximate surface area is 98.0 Å². The van der Waals surface area contributed by atoms with Crippen LogP contribution in [0.25, 0.3) is 0 Å². The molecule has 0 aliphatic carbocycles. The summed E-state index contributed by atoms with van der Waals surface area (Å²) in [7, 11) is 1.80. The maximum Gasteiger partial charge on any atom is 0.226 e. The Kier molecular flexibility index (Phi) is 2.78. The van der Waals surface area contributed by atoms with Crippen LogP contribution in [0.2, 0.25) is 5.15 Å². The highest BCUT2D eigenvalue weighted by atomic mass is 35.5. The van der Waals surface area contributed by atoms with Gasteiger partial charge >= 0.3 is 0 Å². The number of aryl methyl sites for hydroxylation is 3. The summed E-state index contributed by atoms with van der Waals surface area (Å²) in [6.45, 7) is 3.65. The quantitative estimate of drug-likeness (QED) is 0.754. The van der Waals surface area contributed by atoms with Gasteiger partial charge in [-0.25, -0.2) is 9.67 Å². The van der Waals surface area contributed by atoms with Crippen molar-refractivity contribution in [3.05, 3.63) is 28.8 Å². The van der Waals surface area contributed by atoms with Gasteiger partial charge in [0.2, 0.25) is 11.8 Å². The molecule has 0 fully saturated rings. The van der Waals surface area contributed by atoms with Crippen molar-refractivity contribution in [2.75, 3.05) is 0 Å². The molecule has 0 spiro atoms. The highest BCUT2D eigenvalue weighted by Crippen LogP contribution is 2.21. The zero-order valence-electron chi connectivity index (χ0n) is 9.23. The van der Waals surface area contributed by atoms with E-state index in [0.717, 1.165) is 5.69 Å². The smallest absolute Gasteiger partial charge is 0.226 e. The fourth-order valence-electron chi connectivity index (χ4n) is 1.35. The minimum absolute atomic E-state index is 0.362. The number of hydrogen-bond donors (Lipinski definition) is 0. The molecule has 0 bridgehead atoms. The van der Waals surface area contributed by atoms with Gasteiger partial charge in [-0.3, -0.25) is 0 Å². The molecule has 0 radical (unpaired) electrons. The van der Waals surface area contributed by atoms with Gasteiger partial charge in [-0.05, 0) is 13.8 Å². The fourth-order valence-corrected chi connectivity index (χ4v) is 1.56. The summed E-state index contributed by atoms with van der Waals surface area (Å²) in [5.41, 5.74) is 0.884. The summed E-state index contributed by atoms with van der Waals surface area (Å²) >= 11 is 5.81. The van der Waals surface area contributed by atoms with Crippen LogP contribution in [0.1, 0.15) is 11.5 Å². The largest absolute Gasteiger partial charge is 0.421 e. The van der Waals surface area contributed by atoms with Crippen LogP contribution in [0.5, 0.6) is 11.8 Å².